The molecule has 1 aliphatic heterocycles. The maximum absolute atomic E-state index is 13.2. The van der Waals surface area contributed by atoms with E-state index in [1.807, 2.05) is 0 Å². The van der Waals surface area contributed by atoms with E-state index >= 15 is 0 Å². The van der Waals surface area contributed by atoms with Crippen LogP contribution in [0.5, 0.6) is 0 Å². The van der Waals surface area contributed by atoms with E-state index in [4.69, 9.17) is 23.7 Å². The Morgan fingerprint density at radius 1 is 0.453 bits per heavy atom. The van der Waals surface area contributed by atoms with Crippen LogP contribution < -0.4 is 0 Å². The molecule has 1 aliphatic rings. The molecule has 3 N–H and O–H groups in total. The second kappa shape index (κ2) is 51.7. The van der Waals surface area contributed by atoms with E-state index in [1.165, 1.54) is 122 Å². The summed E-state index contributed by atoms with van der Waals surface area (Å²) in [5.74, 6) is -3.10. The van der Waals surface area contributed by atoms with Crippen LogP contribution in [0.1, 0.15) is 290 Å². The van der Waals surface area contributed by atoms with E-state index in [-0.39, 0.29) is 25.9 Å². The number of carboxylic acids is 1. The van der Waals surface area contributed by atoms with E-state index in [9.17, 15) is 34.5 Å². The van der Waals surface area contributed by atoms with E-state index in [1.54, 1.807) is 0 Å². The fourth-order valence-corrected chi connectivity index (χ4v) is 9.50. The van der Waals surface area contributed by atoms with Crippen molar-refractivity contribution in [3.63, 3.8) is 0 Å². The quantitative estimate of drug-likeness (QED) is 0.0228. The zero-order valence-electron chi connectivity index (χ0n) is 48.1. The third kappa shape index (κ3) is 41.7. The van der Waals surface area contributed by atoms with Gasteiger partial charge in [0, 0.05) is 19.3 Å². The van der Waals surface area contributed by atoms with Crippen LogP contribution in [0.2, 0.25) is 0 Å². The van der Waals surface area contributed by atoms with Crippen LogP contribution in [0, 0.1) is 0 Å². The number of rotatable bonds is 53. The Bertz CT molecular complexity index is 1450. The Labute approximate surface area is 457 Å². The monoisotopic (exact) mass is 1060 g/mol. The highest BCUT2D eigenvalue weighted by Gasteiger charge is 2.50. The lowest BCUT2D eigenvalue weighted by atomic mass is 9.98. The highest BCUT2D eigenvalue weighted by Crippen LogP contribution is 2.27. The molecular weight excluding hydrogens is 949 g/mol. The molecule has 0 saturated carbocycles. The highest BCUT2D eigenvalue weighted by atomic mass is 16.7. The van der Waals surface area contributed by atoms with Crippen molar-refractivity contribution in [3.05, 3.63) is 36.5 Å². The van der Waals surface area contributed by atoms with Crippen molar-refractivity contribution in [1.82, 2.24) is 0 Å². The Kier molecular flexibility index (Phi) is 48.2. The van der Waals surface area contributed by atoms with Crippen molar-refractivity contribution in [2.24, 2.45) is 0 Å². The van der Waals surface area contributed by atoms with Crippen molar-refractivity contribution in [3.8, 4) is 0 Å². The van der Waals surface area contributed by atoms with Gasteiger partial charge in [0.25, 0.3) is 0 Å². The summed E-state index contributed by atoms with van der Waals surface area (Å²) >= 11 is 0. The number of hydrogen-bond donors (Lipinski definition) is 3. The second-order valence-corrected chi connectivity index (χ2v) is 21.3. The number of carbonyl (C=O) groups is 4. The molecule has 0 aromatic carbocycles. The molecule has 1 heterocycles. The van der Waals surface area contributed by atoms with Gasteiger partial charge in [0.05, 0.1) is 6.61 Å². The molecule has 75 heavy (non-hydrogen) atoms. The van der Waals surface area contributed by atoms with Gasteiger partial charge >= 0.3 is 23.9 Å². The van der Waals surface area contributed by atoms with Crippen LogP contribution >= 0.6 is 0 Å². The number of aliphatic hydroxyl groups excluding tert-OH is 2. The van der Waals surface area contributed by atoms with E-state index in [0.29, 0.717) is 19.3 Å². The van der Waals surface area contributed by atoms with Crippen LogP contribution in [0.15, 0.2) is 36.5 Å². The molecule has 0 radical (unpaired) electrons. The Hall–Kier alpha value is -3.06. The molecule has 1 rings (SSSR count). The summed E-state index contributed by atoms with van der Waals surface area (Å²) < 4.78 is 28.4. The van der Waals surface area contributed by atoms with Gasteiger partial charge in [-0.25, -0.2) is 4.79 Å². The predicted molar refractivity (Wildman–Crippen MR) is 303 cm³/mol. The normalized spacial score (nSPS) is 18.3. The van der Waals surface area contributed by atoms with Crippen molar-refractivity contribution in [2.45, 2.75) is 327 Å². The fraction of sp³-hybridized carbons (Fsp3) is 0.841. The number of allylic oxidation sites excluding steroid dienone is 6. The number of unbranched alkanes of at least 4 members (excludes halogenated alkanes) is 33. The molecule has 12 nitrogen and oxygen atoms in total. The van der Waals surface area contributed by atoms with Gasteiger partial charge in [0.1, 0.15) is 18.8 Å². The van der Waals surface area contributed by atoms with Gasteiger partial charge in [0.2, 0.25) is 0 Å². The number of aliphatic carboxylic acids is 1. The van der Waals surface area contributed by atoms with Gasteiger partial charge in [0.15, 0.2) is 24.6 Å². The van der Waals surface area contributed by atoms with E-state index < -0.39 is 67.3 Å². The maximum Gasteiger partial charge on any atom is 0.335 e. The molecule has 0 spiro atoms. The van der Waals surface area contributed by atoms with Gasteiger partial charge in [-0.15, -0.1) is 0 Å². The van der Waals surface area contributed by atoms with Gasteiger partial charge in [-0.05, 0) is 51.4 Å². The summed E-state index contributed by atoms with van der Waals surface area (Å²) in [4.78, 5) is 51.1. The molecule has 6 unspecified atom stereocenters. The maximum atomic E-state index is 13.2. The van der Waals surface area contributed by atoms with E-state index in [2.05, 4.69) is 57.2 Å². The Morgan fingerprint density at radius 3 is 1.28 bits per heavy atom. The average molecular weight is 1060 g/mol. The fourth-order valence-electron chi connectivity index (χ4n) is 9.50. The number of hydrogen-bond acceptors (Lipinski definition) is 11. The third-order valence-corrected chi connectivity index (χ3v) is 14.2. The minimum Gasteiger partial charge on any atom is -0.479 e. The van der Waals surface area contributed by atoms with Crippen LogP contribution in [-0.2, 0) is 42.9 Å². The first-order valence-corrected chi connectivity index (χ1v) is 31.0. The van der Waals surface area contributed by atoms with Crippen molar-refractivity contribution >= 4 is 23.9 Å². The first-order chi connectivity index (χ1) is 36.6. The molecule has 0 aliphatic carbocycles. The number of esters is 3. The van der Waals surface area contributed by atoms with Gasteiger partial charge in [-0.1, -0.05) is 256 Å². The molecule has 436 valence electrons. The third-order valence-electron chi connectivity index (χ3n) is 14.2. The minimum absolute atomic E-state index is 0.0632. The lowest BCUT2D eigenvalue weighted by Crippen LogP contribution is -2.61. The second-order valence-electron chi connectivity index (χ2n) is 21.3. The van der Waals surface area contributed by atoms with Gasteiger partial charge in [-0.2, -0.15) is 0 Å². The number of carboxylic acid groups (broad SMARTS) is 1. The summed E-state index contributed by atoms with van der Waals surface area (Å²) in [7, 11) is 0. The van der Waals surface area contributed by atoms with Gasteiger partial charge in [-0.3, -0.25) is 14.4 Å². The Balaban J connectivity index is 2.62. The van der Waals surface area contributed by atoms with Crippen LogP contribution in [0.3, 0.4) is 0 Å². The van der Waals surface area contributed by atoms with Crippen LogP contribution in [0.25, 0.3) is 0 Å². The molecule has 6 atom stereocenters. The topological polar surface area (TPSA) is 175 Å². The summed E-state index contributed by atoms with van der Waals surface area (Å²) in [6.07, 6.45) is 48.5. The summed E-state index contributed by atoms with van der Waals surface area (Å²) in [6.45, 7) is 5.88. The number of ether oxygens (including phenoxy) is 5. The first kappa shape index (κ1) is 70.0. The van der Waals surface area contributed by atoms with Crippen molar-refractivity contribution in [2.75, 3.05) is 13.2 Å². The molecule has 12 heteroatoms. The molecule has 0 bridgehead atoms. The summed E-state index contributed by atoms with van der Waals surface area (Å²) in [6, 6.07) is 0. The van der Waals surface area contributed by atoms with Crippen LogP contribution in [-0.4, -0.2) is 89.2 Å². The Morgan fingerprint density at radius 2 is 0.840 bits per heavy atom. The lowest BCUT2D eigenvalue weighted by Gasteiger charge is -2.40. The molecule has 1 fully saturated rings. The molecule has 1 saturated heterocycles. The molecule has 0 aromatic rings. The first-order valence-electron chi connectivity index (χ1n) is 31.0. The zero-order valence-corrected chi connectivity index (χ0v) is 48.1. The average Bonchev–Trinajstić information content (AvgIpc) is 3.39. The van der Waals surface area contributed by atoms with Crippen molar-refractivity contribution < 1.29 is 58.2 Å². The van der Waals surface area contributed by atoms with Gasteiger partial charge < -0.3 is 39.0 Å². The molecule has 0 amide bonds. The summed E-state index contributed by atoms with van der Waals surface area (Å²) in [5.41, 5.74) is 0. The smallest absolute Gasteiger partial charge is 0.335 e. The molecule has 0 aromatic heterocycles. The van der Waals surface area contributed by atoms with E-state index in [0.717, 1.165) is 109 Å². The zero-order chi connectivity index (χ0) is 54.7. The minimum atomic E-state index is -1.90. The number of aliphatic hydroxyl groups is 2. The standard InChI is InChI=1S/C63H112O12/c1-4-7-10-13-16-19-21-23-25-27-28-30-31-33-35-38-40-43-46-49-55(64)71-52-54(73-56(65)50-47-44-42-39-36-34-32-29-26-24-22-20-17-14-11-8-5-2)53-72-63-61(59(68)58(67)60(75-63)62(69)70)74-57(66)51-48-45-41-37-18-15-12-9-6-3/h8,11,17,20,24,26,54,58-61,63,67-68H,4-7,9-10,12-16,18-19,21-23,25,27-53H2,1-3H3,(H,69,70)/b11-8-,20-17-,26-24-. The van der Waals surface area contributed by atoms with Crippen LogP contribution in [0.4, 0.5) is 0 Å². The predicted octanol–water partition coefficient (Wildman–Crippen LogP) is 16.0. The number of carbonyl (C=O) groups excluding carboxylic acids is 3. The molecular formula is C63H112O12. The lowest BCUT2D eigenvalue weighted by molar-refractivity contribution is -0.301. The highest BCUT2D eigenvalue weighted by molar-refractivity contribution is 5.74. The van der Waals surface area contributed by atoms with Crippen molar-refractivity contribution in [1.29, 1.82) is 0 Å². The largest absolute Gasteiger partial charge is 0.479 e. The SMILES string of the molecule is CC/C=C\C/C=C\C/C=C\CCCCCCCCCC(=O)OC(COC(=O)CCCCCCCCCCCCCCCCCCCCC)COC1OC(C(=O)O)C(O)C(O)C1OC(=O)CCCCCCCCCCC. The summed E-state index contributed by atoms with van der Waals surface area (Å²) in [5, 5.41) is 31.4.